The second kappa shape index (κ2) is 10.5. The number of aliphatic hydroxyl groups is 1. The van der Waals surface area contributed by atoms with Crippen LogP contribution in [-0.4, -0.2) is 43.2 Å². The van der Waals surface area contributed by atoms with Crippen LogP contribution in [-0.2, 0) is 29.5 Å². The average molecular weight is 455 g/mol. The van der Waals surface area contributed by atoms with Gasteiger partial charge in [-0.15, -0.1) is 0 Å². The second-order valence-corrected chi connectivity index (χ2v) is 8.10. The number of esters is 2. The van der Waals surface area contributed by atoms with E-state index in [0.29, 0.717) is 11.1 Å². The van der Waals surface area contributed by atoms with E-state index >= 15 is 0 Å². The predicted octanol–water partition coefficient (Wildman–Crippen LogP) is 3.81. The Hall–Kier alpha value is -3.39. The summed E-state index contributed by atoms with van der Waals surface area (Å²) in [7, 11) is 2.39. The summed E-state index contributed by atoms with van der Waals surface area (Å²) in [6.45, 7) is 5.61. The molecule has 1 aliphatic heterocycles. The summed E-state index contributed by atoms with van der Waals surface area (Å²) in [5, 5.41) is 14.7. The first-order valence-electron chi connectivity index (χ1n) is 10.9. The second-order valence-electron chi connectivity index (χ2n) is 8.10. The number of nitrogens with one attached hydrogen (secondary N) is 1. The van der Waals surface area contributed by atoms with E-state index in [4.69, 9.17) is 14.2 Å². The smallest absolute Gasteiger partial charge is 0.338 e. The molecule has 0 aromatic heterocycles. The summed E-state index contributed by atoms with van der Waals surface area (Å²) >= 11 is 0. The highest BCUT2D eigenvalue weighted by molar-refractivity contribution is 6.02. The minimum atomic E-state index is -1.53. The van der Waals surface area contributed by atoms with Gasteiger partial charge >= 0.3 is 11.9 Å². The van der Waals surface area contributed by atoms with E-state index in [9.17, 15) is 14.7 Å². The highest BCUT2D eigenvalue weighted by atomic mass is 16.5. The standard InChI is InChI=1S/C25H30N2O6/c1-16(2)23-26-22(29)21(19(24(30)32-4)15-20(28)31-3)25(33-23,17-11-7-5-8-12-17)27-18-13-9-6-10-14-18/h5,7-8,11-12,15,18,27,29H,1,6,9-10,13-14H2,2-4H3/b19-15-. The SMILES string of the molecule is C=C(C)C1=NC(O)=C(/C(=C/C(=O)OC)C(=O)OC)C(NC2CCCCC2)(c2ccccc2)O1. The number of methoxy groups -OCH3 is 2. The molecule has 1 unspecified atom stereocenters. The molecule has 3 rings (SSSR count). The van der Waals surface area contributed by atoms with Gasteiger partial charge in [0.05, 0.1) is 25.4 Å². The lowest BCUT2D eigenvalue weighted by molar-refractivity contribution is -0.138. The zero-order chi connectivity index (χ0) is 24.0. The fourth-order valence-electron chi connectivity index (χ4n) is 4.14. The molecule has 1 fully saturated rings. The summed E-state index contributed by atoms with van der Waals surface area (Å²) in [5.74, 6) is -1.99. The minimum absolute atomic E-state index is 0.0264. The average Bonchev–Trinajstić information content (AvgIpc) is 2.83. The summed E-state index contributed by atoms with van der Waals surface area (Å²) in [4.78, 5) is 29.2. The van der Waals surface area contributed by atoms with E-state index in [1.54, 1.807) is 6.92 Å². The molecule has 1 aromatic carbocycles. The van der Waals surface area contributed by atoms with Crippen LogP contribution in [0.15, 0.2) is 70.6 Å². The van der Waals surface area contributed by atoms with Crippen molar-refractivity contribution in [1.29, 1.82) is 0 Å². The van der Waals surface area contributed by atoms with Gasteiger partial charge in [-0.2, -0.15) is 4.99 Å². The highest BCUT2D eigenvalue weighted by Crippen LogP contribution is 2.42. The molecule has 2 N–H and O–H groups in total. The Morgan fingerprint density at radius 1 is 1.18 bits per heavy atom. The number of nitrogens with zero attached hydrogens (tertiary/aromatic N) is 1. The summed E-state index contributed by atoms with van der Waals surface area (Å²) < 4.78 is 16.1. The molecule has 8 nitrogen and oxygen atoms in total. The zero-order valence-electron chi connectivity index (χ0n) is 19.2. The molecular weight excluding hydrogens is 424 g/mol. The molecule has 1 heterocycles. The molecule has 8 heteroatoms. The predicted molar refractivity (Wildman–Crippen MR) is 123 cm³/mol. The van der Waals surface area contributed by atoms with Crippen molar-refractivity contribution in [2.24, 2.45) is 4.99 Å². The van der Waals surface area contributed by atoms with Crippen molar-refractivity contribution in [3.05, 3.63) is 71.2 Å². The van der Waals surface area contributed by atoms with Crippen LogP contribution in [0.1, 0.15) is 44.6 Å². The van der Waals surface area contributed by atoms with Crippen LogP contribution in [0.4, 0.5) is 0 Å². The first-order chi connectivity index (χ1) is 15.8. The molecule has 176 valence electrons. The quantitative estimate of drug-likeness (QED) is 0.477. The Bertz CT molecular complexity index is 1000. The van der Waals surface area contributed by atoms with Gasteiger partial charge in [0, 0.05) is 23.3 Å². The van der Waals surface area contributed by atoms with Crippen LogP contribution in [0.25, 0.3) is 0 Å². The molecular formula is C25H30N2O6. The number of hydrogen-bond donors (Lipinski definition) is 2. The molecule has 0 radical (unpaired) electrons. The molecule has 1 aromatic rings. The molecule has 2 aliphatic rings. The molecule has 33 heavy (non-hydrogen) atoms. The maximum absolute atomic E-state index is 12.8. The number of rotatable bonds is 7. The van der Waals surface area contributed by atoms with Gasteiger partial charge in [0.15, 0.2) is 0 Å². The number of carbonyl (C=O) groups excluding carboxylic acids is 2. The minimum Gasteiger partial charge on any atom is -0.493 e. The Balaban J connectivity index is 2.31. The van der Waals surface area contributed by atoms with Crippen LogP contribution in [0.2, 0.25) is 0 Å². The van der Waals surface area contributed by atoms with E-state index in [0.717, 1.165) is 38.2 Å². The Morgan fingerprint density at radius 2 is 1.85 bits per heavy atom. The molecule has 0 bridgehead atoms. The lowest BCUT2D eigenvalue weighted by atomic mass is 9.85. The van der Waals surface area contributed by atoms with Gasteiger partial charge in [0.1, 0.15) is 0 Å². The Labute approximate surface area is 193 Å². The maximum atomic E-state index is 12.8. The maximum Gasteiger partial charge on any atom is 0.338 e. The summed E-state index contributed by atoms with van der Waals surface area (Å²) in [5.41, 5.74) is -0.675. The third-order valence-electron chi connectivity index (χ3n) is 5.73. The normalized spacial score (nSPS) is 21.7. The lowest BCUT2D eigenvalue weighted by Crippen LogP contribution is -2.55. The number of carbonyl (C=O) groups is 2. The van der Waals surface area contributed by atoms with Gasteiger partial charge < -0.3 is 19.3 Å². The van der Waals surface area contributed by atoms with Gasteiger partial charge in [-0.1, -0.05) is 56.2 Å². The summed E-state index contributed by atoms with van der Waals surface area (Å²) in [6.07, 6.45) is 5.97. The number of aliphatic hydroxyl groups excluding tert-OH is 1. The number of hydrogen-bond acceptors (Lipinski definition) is 8. The van der Waals surface area contributed by atoms with Gasteiger partial charge in [-0.05, 0) is 19.8 Å². The third-order valence-corrected chi connectivity index (χ3v) is 5.73. The molecule has 0 spiro atoms. The molecule has 1 atom stereocenters. The third kappa shape index (κ3) is 5.17. The van der Waals surface area contributed by atoms with E-state index in [1.807, 2.05) is 30.3 Å². The van der Waals surface area contributed by atoms with E-state index < -0.39 is 23.5 Å². The highest BCUT2D eigenvalue weighted by Gasteiger charge is 2.49. The topological polar surface area (TPSA) is 106 Å². The Kier molecular flexibility index (Phi) is 7.71. The largest absolute Gasteiger partial charge is 0.493 e. The van der Waals surface area contributed by atoms with Gasteiger partial charge in [0.2, 0.25) is 17.5 Å². The number of ether oxygens (including phenoxy) is 3. The van der Waals surface area contributed by atoms with Crippen molar-refractivity contribution in [2.75, 3.05) is 14.2 Å². The number of benzene rings is 1. The van der Waals surface area contributed by atoms with E-state index in [2.05, 4.69) is 16.9 Å². The van der Waals surface area contributed by atoms with E-state index in [1.165, 1.54) is 14.2 Å². The van der Waals surface area contributed by atoms with Crippen LogP contribution in [0.5, 0.6) is 0 Å². The zero-order valence-corrected chi connectivity index (χ0v) is 19.2. The van der Waals surface area contributed by atoms with Crippen LogP contribution in [0, 0.1) is 0 Å². The van der Waals surface area contributed by atoms with Crippen molar-refractivity contribution in [3.63, 3.8) is 0 Å². The number of aliphatic imine (C=N–C) groups is 1. The fourth-order valence-corrected chi connectivity index (χ4v) is 4.14. The van der Waals surface area contributed by atoms with Crippen LogP contribution < -0.4 is 5.32 Å². The first kappa shape index (κ1) is 24.3. The molecule has 0 saturated heterocycles. The monoisotopic (exact) mass is 454 g/mol. The molecule has 0 amide bonds. The van der Waals surface area contributed by atoms with Crippen molar-refractivity contribution in [3.8, 4) is 0 Å². The van der Waals surface area contributed by atoms with Crippen LogP contribution >= 0.6 is 0 Å². The van der Waals surface area contributed by atoms with Gasteiger partial charge in [-0.3, -0.25) is 5.32 Å². The first-order valence-corrected chi connectivity index (χ1v) is 10.9. The molecule has 1 saturated carbocycles. The van der Waals surface area contributed by atoms with E-state index in [-0.39, 0.29) is 23.1 Å². The Morgan fingerprint density at radius 3 is 2.42 bits per heavy atom. The van der Waals surface area contributed by atoms with Crippen molar-refractivity contribution in [1.82, 2.24) is 5.32 Å². The lowest BCUT2D eigenvalue weighted by Gasteiger charge is -2.43. The fraction of sp³-hybridized carbons (Fsp3) is 0.400. The van der Waals surface area contributed by atoms with Gasteiger partial charge in [-0.25, -0.2) is 9.59 Å². The molecule has 1 aliphatic carbocycles. The van der Waals surface area contributed by atoms with Crippen molar-refractivity contribution >= 4 is 17.8 Å². The van der Waals surface area contributed by atoms with Crippen molar-refractivity contribution < 1.29 is 28.9 Å². The summed E-state index contributed by atoms with van der Waals surface area (Å²) in [6, 6.07) is 9.17. The van der Waals surface area contributed by atoms with Gasteiger partial charge in [0.25, 0.3) is 0 Å². The van der Waals surface area contributed by atoms with Crippen LogP contribution in [0.3, 0.4) is 0 Å². The van der Waals surface area contributed by atoms with Crippen molar-refractivity contribution in [2.45, 2.75) is 50.8 Å².